The second kappa shape index (κ2) is 6.53. The lowest BCUT2D eigenvalue weighted by molar-refractivity contribution is -0.137. The van der Waals surface area contributed by atoms with Crippen molar-refractivity contribution < 1.29 is 27.5 Å². The number of hydrogen-bond donors (Lipinski definition) is 0. The molecule has 0 spiro atoms. The third-order valence-corrected chi connectivity index (χ3v) is 4.29. The number of rotatable bonds is 3. The smallest absolute Gasteiger partial charge is 0.418 e. The van der Waals surface area contributed by atoms with E-state index in [4.69, 9.17) is 4.74 Å². The summed E-state index contributed by atoms with van der Waals surface area (Å²) in [4.78, 5) is 25.7. The molecule has 28 heavy (non-hydrogen) atoms. The van der Waals surface area contributed by atoms with E-state index in [0.717, 1.165) is 12.1 Å². The van der Waals surface area contributed by atoms with E-state index in [9.17, 15) is 22.8 Å². The highest BCUT2D eigenvalue weighted by Crippen LogP contribution is 2.41. The van der Waals surface area contributed by atoms with Crippen LogP contribution in [0.3, 0.4) is 0 Å². The number of carbonyl (C=O) groups is 2. The van der Waals surface area contributed by atoms with Crippen molar-refractivity contribution in [1.82, 2.24) is 0 Å². The predicted octanol–water partition coefficient (Wildman–Crippen LogP) is 5.30. The lowest BCUT2D eigenvalue weighted by Gasteiger charge is -2.20. The molecule has 4 nitrogen and oxygen atoms in total. The quantitative estimate of drug-likeness (QED) is 0.577. The van der Waals surface area contributed by atoms with Gasteiger partial charge in [-0.3, -0.25) is 9.59 Å². The van der Waals surface area contributed by atoms with Gasteiger partial charge in [-0.2, -0.15) is 13.2 Å². The summed E-state index contributed by atoms with van der Waals surface area (Å²) in [5, 5.41) is 0. The number of fused-ring (bicyclic) bond motifs is 1. The molecule has 140 valence electrons. The number of nitrogens with zero attached hydrogens (tertiary/aromatic N) is 1. The number of benzene rings is 3. The van der Waals surface area contributed by atoms with Crippen molar-refractivity contribution in [1.29, 1.82) is 0 Å². The minimum absolute atomic E-state index is 0.0566. The van der Waals surface area contributed by atoms with Crippen molar-refractivity contribution in [2.45, 2.75) is 6.18 Å². The molecule has 0 aliphatic carbocycles. The average Bonchev–Trinajstić information content (AvgIpc) is 2.93. The summed E-state index contributed by atoms with van der Waals surface area (Å²) < 4.78 is 46.6. The molecule has 0 fully saturated rings. The number of para-hydroxylation sites is 1. The van der Waals surface area contributed by atoms with Crippen molar-refractivity contribution in [2.75, 3.05) is 4.90 Å². The number of hydrogen-bond acceptors (Lipinski definition) is 3. The van der Waals surface area contributed by atoms with Gasteiger partial charge in [0.1, 0.15) is 11.5 Å². The molecule has 4 rings (SSSR count). The second-order valence-corrected chi connectivity index (χ2v) is 6.08. The highest BCUT2D eigenvalue weighted by Gasteiger charge is 2.42. The molecular formula is C21H12F3NO3. The van der Waals surface area contributed by atoms with Crippen molar-refractivity contribution >= 4 is 17.5 Å². The molecule has 1 heterocycles. The maximum absolute atomic E-state index is 13.7. The Kier molecular flexibility index (Phi) is 4.15. The molecule has 0 aromatic heterocycles. The lowest BCUT2D eigenvalue weighted by atomic mass is 10.1. The molecule has 0 saturated carbocycles. The third kappa shape index (κ3) is 3.00. The summed E-state index contributed by atoms with van der Waals surface area (Å²) in [5.41, 5.74) is -1.51. The van der Waals surface area contributed by atoms with E-state index in [1.165, 1.54) is 18.2 Å². The van der Waals surface area contributed by atoms with Gasteiger partial charge in [-0.1, -0.05) is 30.3 Å². The van der Waals surface area contributed by atoms with Crippen molar-refractivity contribution in [2.24, 2.45) is 0 Å². The monoisotopic (exact) mass is 383 g/mol. The Bertz CT molecular complexity index is 1040. The normalized spacial score (nSPS) is 13.6. The highest BCUT2D eigenvalue weighted by molar-refractivity contribution is 6.34. The zero-order chi connectivity index (χ0) is 19.9. The largest absolute Gasteiger partial charge is 0.457 e. The SMILES string of the molecule is O=C1c2ccccc2C(=O)N1c1ccc(Oc2ccccc2)cc1C(F)(F)F. The molecule has 0 radical (unpaired) electrons. The molecule has 0 N–H and O–H groups in total. The number of alkyl halides is 3. The van der Waals surface area contributed by atoms with Gasteiger partial charge in [0, 0.05) is 0 Å². The fourth-order valence-corrected chi connectivity index (χ4v) is 3.03. The van der Waals surface area contributed by atoms with Crippen molar-refractivity contribution in [3.05, 3.63) is 89.5 Å². The number of amides is 2. The Hall–Kier alpha value is -3.61. The summed E-state index contributed by atoms with van der Waals surface area (Å²) in [6.45, 7) is 0. The molecule has 0 unspecified atom stereocenters. The van der Waals surface area contributed by atoms with Crippen LogP contribution in [0.15, 0.2) is 72.8 Å². The molecule has 1 aliphatic heterocycles. The minimum atomic E-state index is -4.79. The van der Waals surface area contributed by atoms with Crippen LogP contribution in [0.1, 0.15) is 26.3 Å². The number of imide groups is 1. The number of carbonyl (C=O) groups excluding carboxylic acids is 2. The Balaban J connectivity index is 1.78. The van der Waals surface area contributed by atoms with Crippen LogP contribution in [0, 0.1) is 0 Å². The Morgan fingerprint density at radius 3 is 1.86 bits per heavy atom. The predicted molar refractivity (Wildman–Crippen MR) is 95.5 cm³/mol. The number of anilines is 1. The molecule has 7 heteroatoms. The van der Waals surface area contributed by atoms with Gasteiger partial charge in [0.2, 0.25) is 0 Å². The molecule has 1 aliphatic rings. The Morgan fingerprint density at radius 2 is 1.29 bits per heavy atom. The fourth-order valence-electron chi connectivity index (χ4n) is 3.03. The molecule has 2 amide bonds. The van der Waals surface area contributed by atoms with E-state index in [-0.39, 0.29) is 16.9 Å². The zero-order valence-corrected chi connectivity index (χ0v) is 14.2. The van der Waals surface area contributed by atoms with Crippen LogP contribution in [-0.4, -0.2) is 11.8 Å². The van der Waals surface area contributed by atoms with Gasteiger partial charge in [0.25, 0.3) is 11.8 Å². The van der Waals surface area contributed by atoms with Crippen molar-refractivity contribution in [3.63, 3.8) is 0 Å². The first-order valence-corrected chi connectivity index (χ1v) is 8.28. The summed E-state index contributed by atoms with van der Waals surface area (Å²) in [6.07, 6.45) is -4.79. The fraction of sp³-hybridized carbons (Fsp3) is 0.0476. The Morgan fingerprint density at radius 1 is 0.714 bits per heavy atom. The average molecular weight is 383 g/mol. The summed E-state index contributed by atoms with van der Waals surface area (Å²) in [6, 6.07) is 17.4. The van der Waals surface area contributed by atoms with E-state index in [2.05, 4.69) is 0 Å². The van der Waals surface area contributed by atoms with Crippen LogP contribution in [0.2, 0.25) is 0 Å². The molecule has 0 bridgehead atoms. The first-order valence-electron chi connectivity index (χ1n) is 8.28. The molecule has 3 aromatic rings. The summed E-state index contributed by atoms with van der Waals surface area (Å²) >= 11 is 0. The van der Waals surface area contributed by atoms with E-state index in [1.54, 1.807) is 42.5 Å². The van der Waals surface area contributed by atoms with Gasteiger partial charge in [-0.15, -0.1) is 0 Å². The standard InChI is InChI=1S/C21H12F3NO3/c22-21(23,24)17-12-14(28-13-6-2-1-3-7-13)10-11-18(17)25-19(26)15-8-4-5-9-16(15)20(25)27/h1-12H. The van der Waals surface area contributed by atoms with E-state index in [1.807, 2.05) is 0 Å². The first-order chi connectivity index (χ1) is 13.4. The summed E-state index contributed by atoms with van der Waals surface area (Å²) in [5.74, 6) is -1.27. The van der Waals surface area contributed by atoms with Gasteiger partial charge in [0.15, 0.2) is 0 Å². The number of ether oxygens (including phenoxy) is 1. The van der Waals surface area contributed by atoms with E-state index in [0.29, 0.717) is 10.6 Å². The number of halogens is 3. The van der Waals surface area contributed by atoms with E-state index >= 15 is 0 Å². The summed E-state index contributed by atoms with van der Waals surface area (Å²) in [7, 11) is 0. The minimum Gasteiger partial charge on any atom is -0.457 e. The highest BCUT2D eigenvalue weighted by atomic mass is 19.4. The molecular weight excluding hydrogens is 371 g/mol. The molecule has 3 aromatic carbocycles. The van der Waals surface area contributed by atoms with Gasteiger partial charge in [-0.05, 0) is 42.5 Å². The molecule has 0 saturated heterocycles. The van der Waals surface area contributed by atoms with Gasteiger partial charge in [-0.25, -0.2) is 4.90 Å². The Labute approximate surface area is 157 Å². The second-order valence-electron chi connectivity index (χ2n) is 6.08. The molecule has 0 atom stereocenters. The van der Waals surface area contributed by atoms with Crippen LogP contribution in [0.25, 0.3) is 0 Å². The zero-order valence-electron chi connectivity index (χ0n) is 14.2. The first kappa shape index (κ1) is 17.8. The van der Waals surface area contributed by atoms with Crippen LogP contribution < -0.4 is 9.64 Å². The maximum atomic E-state index is 13.7. The van der Waals surface area contributed by atoms with Crippen LogP contribution in [0.5, 0.6) is 11.5 Å². The van der Waals surface area contributed by atoms with Crippen LogP contribution in [0.4, 0.5) is 18.9 Å². The lowest BCUT2D eigenvalue weighted by Crippen LogP contribution is -2.31. The third-order valence-electron chi connectivity index (χ3n) is 4.29. The van der Waals surface area contributed by atoms with Crippen LogP contribution >= 0.6 is 0 Å². The van der Waals surface area contributed by atoms with Gasteiger partial charge in [0.05, 0.1) is 22.4 Å². The van der Waals surface area contributed by atoms with E-state index < -0.39 is 29.2 Å². The van der Waals surface area contributed by atoms with Gasteiger partial charge >= 0.3 is 6.18 Å². The maximum Gasteiger partial charge on any atom is 0.418 e. The topological polar surface area (TPSA) is 46.6 Å². The van der Waals surface area contributed by atoms with Crippen LogP contribution in [-0.2, 0) is 6.18 Å². The van der Waals surface area contributed by atoms with Gasteiger partial charge < -0.3 is 4.74 Å². The van der Waals surface area contributed by atoms with Crippen molar-refractivity contribution in [3.8, 4) is 11.5 Å².